The summed E-state index contributed by atoms with van der Waals surface area (Å²) in [6, 6.07) is 19.3. The Hall–Kier alpha value is -3.16. The molecule has 0 atom stereocenters. The predicted octanol–water partition coefficient (Wildman–Crippen LogP) is 4.82. The third-order valence-corrected chi connectivity index (χ3v) is 6.39. The highest BCUT2D eigenvalue weighted by molar-refractivity contribution is 7.89. The summed E-state index contributed by atoms with van der Waals surface area (Å²) in [6.45, 7) is 7.86. The van der Waals surface area contributed by atoms with Crippen LogP contribution in [0.5, 0.6) is 5.75 Å². The molecule has 0 bridgehead atoms. The van der Waals surface area contributed by atoms with E-state index in [-0.39, 0.29) is 22.4 Å². The summed E-state index contributed by atoms with van der Waals surface area (Å²) in [5.41, 5.74) is 3.99. The van der Waals surface area contributed by atoms with Crippen LogP contribution in [-0.4, -0.2) is 20.4 Å². The largest absolute Gasteiger partial charge is 0.489 e. The lowest BCUT2D eigenvalue weighted by atomic mass is 10.1. The molecule has 0 spiro atoms. The number of ether oxygens (including phenoxy) is 1. The van der Waals surface area contributed by atoms with E-state index in [1.807, 2.05) is 38.1 Å². The van der Waals surface area contributed by atoms with Crippen LogP contribution in [-0.2, 0) is 16.6 Å². The molecule has 0 saturated carbocycles. The van der Waals surface area contributed by atoms with Crippen LogP contribution < -0.4 is 14.8 Å². The van der Waals surface area contributed by atoms with Gasteiger partial charge in [-0.05, 0) is 75.2 Å². The SMILES string of the molecule is Cc1cccc(COc2ccc(NC(=O)c3cccc(S(=O)(=O)NC(C)C)c3)c(C)c2)c1. The van der Waals surface area contributed by atoms with Crippen molar-refractivity contribution in [2.45, 2.75) is 45.2 Å². The summed E-state index contributed by atoms with van der Waals surface area (Å²) in [5.74, 6) is 0.318. The number of anilines is 1. The number of nitrogens with one attached hydrogen (secondary N) is 2. The third-order valence-electron chi connectivity index (χ3n) is 4.73. The van der Waals surface area contributed by atoms with Crippen molar-refractivity contribution in [1.82, 2.24) is 4.72 Å². The van der Waals surface area contributed by atoms with Gasteiger partial charge in [-0.15, -0.1) is 0 Å². The van der Waals surface area contributed by atoms with Gasteiger partial charge in [0.05, 0.1) is 4.90 Å². The Bertz CT molecular complexity index is 1220. The van der Waals surface area contributed by atoms with Gasteiger partial charge in [-0.25, -0.2) is 13.1 Å². The van der Waals surface area contributed by atoms with Gasteiger partial charge in [0.15, 0.2) is 0 Å². The quantitative estimate of drug-likeness (QED) is 0.513. The third kappa shape index (κ3) is 6.18. The van der Waals surface area contributed by atoms with Gasteiger partial charge in [0.2, 0.25) is 10.0 Å². The highest BCUT2D eigenvalue weighted by Gasteiger charge is 2.17. The molecule has 0 radical (unpaired) electrons. The van der Waals surface area contributed by atoms with Gasteiger partial charge in [0.25, 0.3) is 5.91 Å². The minimum Gasteiger partial charge on any atom is -0.489 e. The molecule has 0 heterocycles. The zero-order chi connectivity index (χ0) is 23.3. The summed E-state index contributed by atoms with van der Waals surface area (Å²) in [4.78, 5) is 12.8. The first-order valence-electron chi connectivity index (χ1n) is 10.4. The van der Waals surface area contributed by atoms with Crippen LogP contribution in [0.15, 0.2) is 71.6 Å². The van der Waals surface area contributed by atoms with Crippen molar-refractivity contribution in [3.63, 3.8) is 0 Å². The van der Waals surface area contributed by atoms with E-state index in [0.717, 1.165) is 11.1 Å². The number of sulfonamides is 1. The van der Waals surface area contributed by atoms with E-state index >= 15 is 0 Å². The Morgan fingerprint density at radius 2 is 1.72 bits per heavy atom. The smallest absolute Gasteiger partial charge is 0.255 e. The Labute approximate surface area is 189 Å². The van der Waals surface area contributed by atoms with Crippen LogP contribution >= 0.6 is 0 Å². The maximum atomic E-state index is 12.7. The fraction of sp³-hybridized carbons (Fsp3) is 0.240. The van der Waals surface area contributed by atoms with Gasteiger partial charge < -0.3 is 10.1 Å². The highest BCUT2D eigenvalue weighted by atomic mass is 32.2. The standard InChI is InChI=1S/C25H28N2O4S/c1-17(2)27-32(29,30)23-10-6-9-21(15-23)25(28)26-24-12-11-22(14-19(24)4)31-16-20-8-5-7-18(3)13-20/h5-15,17,27H,16H2,1-4H3,(H,26,28). The van der Waals surface area contributed by atoms with Crippen molar-refractivity contribution in [3.8, 4) is 5.75 Å². The van der Waals surface area contributed by atoms with E-state index in [9.17, 15) is 13.2 Å². The summed E-state index contributed by atoms with van der Waals surface area (Å²) < 4.78 is 33.2. The molecule has 0 aliphatic heterocycles. The topological polar surface area (TPSA) is 84.5 Å². The molecular weight excluding hydrogens is 424 g/mol. The fourth-order valence-corrected chi connectivity index (χ4v) is 4.51. The average molecular weight is 453 g/mol. The van der Waals surface area contributed by atoms with Gasteiger partial charge in [0.1, 0.15) is 12.4 Å². The number of hydrogen-bond donors (Lipinski definition) is 2. The minimum atomic E-state index is -3.68. The predicted molar refractivity (Wildman–Crippen MR) is 127 cm³/mol. The van der Waals surface area contributed by atoms with Crippen molar-refractivity contribution in [2.24, 2.45) is 0 Å². The molecule has 0 aliphatic rings. The van der Waals surface area contributed by atoms with Gasteiger partial charge in [-0.1, -0.05) is 35.9 Å². The summed E-state index contributed by atoms with van der Waals surface area (Å²) in [6.07, 6.45) is 0. The van der Waals surface area contributed by atoms with Crippen LogP contribution in [0.2, 0.25) is 0 Å². The Balaban J connectivity index is 1.69. The van der Waals surface area contributed by atoms with Gasteiger partial charge in [-0.2, -0.15) is 0 Å². The van der Waals surface area contributed by atoms with Crippen molar-refractivity contribution < 1.29 is 17.9 Å². The van der Waals surface area contributed by atoms with Crippen molar-refractivity contribution in [2.75, 3.05) is 5.32 Å². The molecule has 0 aromatic heterocycles. The first-order valence-corrected chi connectivity index (χ1v) is 11.8. The molecule has 0 saturated heterocycles. The van der Waals surface area contributed by atoms with Gasteiger partial charge >= 0.3 is 0 Å². The summed E-state index contributed by atoms with van der Waals surface area (Å²) >= 11 is 0. The molecule has 3 aromatic carbocycles. The lowest BCUT2D eigenvalue weighted by molar-refractivity contribution is 0.102. The van der Waals surface area contributed by atoms with Crippen LogP contribution in [0.3, 0.4) is 0 Å². The molecule has 6 nitrogen and oxygen atoms in total. The van der Waals surface area contributed by atoms with Crippen molar-refractivity contribution in [3.05, 3.63) is 89.0 Å². The summed E-state index contributed by atoms with van der Waals surface area (Å²) in [7, 11) is -3.68. The van der Waals surface area contributed by atoms with E-state index in [1.54, 1.807) is 38.1 Å². The summed E-state index contributed by atoms with van der Waals surface area (Å²) in [5, 5.41) is 2.84. The second-order valence-electron chi connectivity index (χ2n) is 8.01. The number of benzene rings is 3. The molecule has 0 unspecified atom stereocenters. The molecule has 3 aromatic rings. The fourth-order valence-electron chi connectivity index (χ4n) is 3.21. The molecule has 2 N–H and O–H groups in total. The molecule has 3 rings (SSSR count). The number of carbonyl (C=O) groups excluding carboxylic acids is 1. The molecule has 7 heteroatoms. The number of carbonyl (C=O) groups is 1. The second-order valence-corrected chi connectivity index (χ2v) is 9.73. The van der Waals surface area contributed by atoms with Crippen molar-refractivity contribution in [1.29, 1.82) is 0 Å². The number of amides is 1. The van der Waals surface area contributed by atoms with E-state index < -0.39 is 10.0 Å². The highest BCUT2D eigenvalue weighted by Crippen LogP contribution is 2.23. The maximum absolute atomic E-state index is 12.7. The normalized spacial score (nSPS) is 11.4. The van der Waals surface area contributed by atoms with E-state index in [2.05, 4.69) is 16.1 Å². The maximum Gasteiger partial charge on any atom is 0.255 e. The minimum absolute atomic E-state index is 0.0514. The van der Waals surface area contributed by atoms with Crippen LogP contribution in [0.4, 0.5) is 5.69 Å². The molecular formula is C25H28N2O4S. The number of rotatable bonds is 8. The molecule has 0 fully saturated rings. The molecule has 32 heavy (non-hydrogen) atoms. The van der Waals surface area contributed by atoms with E-state index in [0.29, 0.717) is 18.0 Å². The number of hydrogen-bond acceptors (Lipinski definition) is 4. The Morgan fingerprint density at radius 3 is 2.41 bits per heavy atom. The zero-order valence-electron chi connectivity index (χ0n) is 18.7. The van der Waals surface area contributed by atoms with Crippen LogP contribution in [0.25, 0.3) is 0 Å². The van der Waals surface area contributed by atoms with Crippen LogP contribution in [0.1, 0.15) is 40.9 Å². The van der Waals surface area contributed by atoms with Gasteiger partial charge in [-0.3, -0.25) is 4.79 Å². The molecule has 1 amide bonds. The van der Waals surface area contributed by atoms with E-state index in [4.69, 9.17) is 4.74 Å². The molecule has 0 aliphatic carbocycles. The van der Waals surface area contributed by atoms with Crippen molar-refractivity contribution >= 4 is 21.6 Å². The van der Waals surface area contributed by atoms with Crippen LogP contribution in [0, 0.1) is 13.8 Å². The van der Waals surface area contributed by atoms with Gasteiger partial charge in [0, 0.05) is 17.3 Å². The Kier molecular flexibility index (Phi) is 7.33. The monoisotopic (exact) mass is 452 g/mol. The first kappa shape index (κ1) is 23.5. The Morgan fingerprint density at radius 1 is 0.969 bits per heavy atom. The number of aryl methyl sites for hydroxylation is 2. The lowest BCUT2D eigenvalue weighted by Gasteiger charge is -2.13. The average Bonchev–Trinajstić information content (AvgIpc) is 2.73. The molecule has 168 valence electrons. The van der Waals surface area contributed by atoms with E-state index in [1.165, 1.54) is 17.7 Å². The second kappa shape index (κ2) is 9.97. The first-order chi connectivity index (χ1) is 15.1. The zero-order valence-corrected chi connectivity index (χ0v) is 19.5. The lowest BCUT2D eigenvalue weighted by Crippen LogP contribution is -2.30.